The number of fused-ring (bicyclic) bond motifs is 1. The first kappa shape index (κ1) is 13.1. The van der Waals surface area contributed by atoms with Gasteiger partial charge in [-0.2, -0.15) is 0 Å². The number of likely N-dealkylation sites (tertiary alicyclic amines) is 1. The second kappa shape index (κ2) is 5.59. The van der Waals surface area contributed by atoms with Crippen molar-refractivity contribution in [2.24, 2.45) is 0 Å². The predicted molar refractivity (Wildman–Crippen MR) is 79.2 cm³/mol. The Morgan fingerprint density at radius 1 is 1.35 bits per heavy atom. The van der Waals surface area contributed by atoms with Gasteiger partial charge in [0.15, 0.2) is 0 Å². The molecule has 0 spiro atoms. The van der Waals surface area contributed by atoms with Crippen LogP contribution >= 0.6 is 0 Å². The van der Waals surface area contributed by atoms with Gasteiger partial charge >= 0.3 is 0 Å². The minimum Gasteiger partial charge on any atom is -0.344 e. The SMILES string of the molecule is CN1CC(NCc2cccc3cccnc23)CCC1=O. The van der Waals surface area contributed by atoms with E-state index in [9.17, 15) is 4.79 Å². The van der Waals surface area contributed by atoms with Crippen LogP contribution in [0.5, 0.6) is 0 Å². The number of carbonyl (C=O) groups excluding carboxylic acids is 1. The number of likely N-dealkylation sites (N-methyl/N-ethyl adjacent to an activating group) is 1. The molecule has 1 atom stereocenters. The van der Waals surface area contributed by atoms with Crippen LogP contribution in [0.15, 0.2) is 36.5 Å². The Labute approximate surface area is 118 Å². The quantitative estimate of drug-likeness (QED) is 0.926. The highest BCUT2D eigenvalue weighted by Crippen LogP contribution is 2.17. The molecule has 1 aromatic carbocycles. The number of rotatable bonds is 3. The number of para-hydroxylation sites is 1. The van der Waals surface area contributed by atoms with Crippen LogP contribution in [0.2, 0.25) is 0 Å². The molecule has 1 saturated heterocycles. The van der Waals surface area contributed by atoms with Crippen molar-refractivity contribution in [3.05, 3.63) is 42.1 Å². The van der Waals surface area contributed by atoms with Crippen LogP contribution in [0.25, 0.3) is 10.9 Å². The van der Waals surface area contributed by atoms with E-state index in [1.807, 2.05) is 24.2 Å². The monoisotopic (exact) mass is 269 g/mol. The first-order valence-corrected chi connectivity index (χ1v) is 7.04. The van der Waals surface area contributed by atoms with Crippen LogP contribution in [-0.4, -0.2) is 35.4 Å². The number of piperidine rings is 1. The molecule has 4 nitrogen and oxygen atoms in total. The second-order valence-electron chi connectivity index (χ2n) is 5.38. The lowest BCUT2D eigenvalue weighted by molar-refractivity contribution is -0.132. The van der Waals surface area contributed by atoms with Gasteiger partial charge in [-0.1, -0.05) is 24.3 Å². The number of nitrogens with one attached hydrogen (secondary N) is 1. The maximum Gasteiger partial charge on any atom is 0.222 e. The first-order valence-electron chi connectivity index (χ1n) is 7.04. The van der Waals surface area contributed by atoms with Crippen molar-refractivity contribution < 1.29 is 4.79 Å². The molecule has 0 bridgehead atoms. The Kier molecular flexibility index (Phi) is 3.65. The molecule has 0 radical (unpaired) electrons. The van der Waals surface area contributed by atoms with E-state index in [1.54, 1.807) is 0 Å². The number of aromatic nitrogens is 1. The van der Waals surface area contributed by atoms with Gasteiger partial charge in [0.25, 0.3) is 0 Å². The minimum atomic E-state index is 0.245. The molecule has 1 amide bonds. The molecule has 4 heteroatoms. The van der Waals surface area contributed by atoms with Crippen LogP contribution < -0.4 is 5.32 Å². The molecule has 104 valence electrons. The van der Waals surface area contributed by atoms with E-state index in [0.717, 1.165) is 25.0 Å². The molecule has 2 heterocycles. The summed E-state index contributed by atoms with van der Waals surface area (Å²) in [6.45, 7) is 1.58. The normalized spacial score (nSPS) is 19.6. The van der Waals surface area contributed by atoms with Crippen molar-refractivity contribution in [3.63, 3.8) is 0 Å². The van der Waals surface area contributed by atoms with E-state index in [4.69, 9.17) is 0 Å². The van der Waals surface area contributed by atoms with Crippen LogP contribution in [0, 0.1) is 0 Å². The summed E-state index contributed by atoms with van der Waals surface area (Å²) >= 11 is 0. The van der Waals surface area contributed by atoms with E-state index < -0.39 is 0 Å². The van der Waals surface area contributed by atoms with Crippen molar-refractivity contribution in [1.29, 1.82) is 0 Å². The molecule has 1 unspecified atom stereocenters. The van der Waals surface area contributed by atoms with E-state index >= 15 is 0 Å². The maximum atomic E-state index is 11.5. The topological polar surface area (TPSA) is 45.2 Å². The van der Waals surface area contributed by atoms with E-state index in [1.165, 1.54) is 10.9 Å². The highest BCUT2D eigenvalue weighted by Gasteiger charge is 2.22. The van der Waals surface area contributed by atoms with Gasteiger partial charge in [-0.25, -0.2) is 0 Å². The number of hydrogen-bond acceptors (Lipinski definition) is 3. The third-order valence-corrected chi connectivity index (χ3v) is 3.92. The van der Waals surface area contributed by atoms with Gasteiger partial charge in [-0.15, -0.1) is 0 Å². The molecule has 2 aromatic rings. The zero-order valence-electron chi connectivity index (χ0n) is 11.7. The summed E-state index contributed by atoms with van der Waals surface area (Å²) < 4.78 is 0. The molecule has 0 saturated carbocycles. The zero-order valence-corrected chi connectivity index (χ0v) is 11.7. The van der Waals surface area contributed by atoms with E-state index in [2.05, 4.69) is 34.6 Å². The summed E-state index contributed by atoms with van der Waals surface area (Å²) in [7, 11) is 1.87. The summed E-state index contributed by atoms with van der Waals surface area (Å²) in [4.78, 5) is 17.8. The second-order valence-corrected chi connectivity index (χ2v) is 5.38. The van der Waals surface area contributed by atoms with Crippen molar-refractivity contribution in [2.45, 2.75) is 25.4 Å². The molecular weight excluding hydrogens is 250 g/mol. The Bertz CT molecular complexity index is 621. The van der Waals surface area contributed by atoms with Gasteiger partial charge in [-0.05, 0) is 18.1 Å². The highest BCUT2D eigenvalue weighted by atomic mass is 16.2. The Morgan fingerprint density at radius 2 is 2.20 bits per heavy atom. The lowest BCUT2D eigenvalue weighted by atomic mass is 10.0. The van der Waals surface area contributed by atoms with Gasteiger partial charge in [-0.3, -0.25) is 9.78 Å². The first-order chi connectivity index (χ1) is 9.74. The zero-order chi connectivity index (χ0) is 13.9. The number of carbonyl (C=O) groups is 1. The summed E-state index contributed by atoms with van der Waals surface area (Å²) in [5.74, 6) is 0.245. The number of pyridine rings is 1. The van der Waals surface area contributed by atoms with Crippen molar-refractivity contribution in [1.82, 2.24) is 15.2 Å². The van der Waals surface area contributed by atoms with Crippen LogP contribution in [0.4, 0.5) is 0 Å². The summed E-state index contributed by atoms with van der Waals surface area (Å²) in [5.41, 5.74) is 2.27. The number of amides is 1. The lowest BCUT2D eigenvalue weighted by Crippen LogP contribution is -2.46. The van der Waals surface area contributed by atoms with Crippen LogP contribution in [0.1, 0.15) is 18.4 Å². The molecule has 1 N–H and O–H groups in total. The third kappa shape index (κ3) is 2.65. The molecule has 3 rings (SSSR count). The molecule has 1 aliphatic heterocycles. The predicted octanol–water partition coefficient (Wildman–Crippen LogP) is 1.95. The lowest BCUT2D eigenvalue weighted by Gasteiger charge is -2.30. The largest absolute Gasteiger partial charge is 0.344 e. The average molecular weight is 269 g/mol. The van der Waals surface area contributed by atoms with Gasteiger partial charge in [0.1, 0.15) is 0 Å². The summed E-state index contributed by atoms with van der Waals surface area (Å²) in [6, 6.07) is 10.7. The van der Waals surface area contributed by atoms with E-state index in [0.29, 0.717) is 12.5 Å². The van der Waals surface area contributed by atoms with Crippen molar-refractivity contribution in [2.75, 3.05) is 13.6 Å². The average Bonchev–Trinajstić information content (AvgIpc) is 2.48. The van der Waals surface area contributed by atoms with Gasteiger partial charge in [0, 0.05) is 44.2 Å². The van der Waals surface area contributed by atoms with Crippen LogP contribution in [0.3, 0.4) is 0 Å². The highest BCUT2D eigenvalue weighted by molar-refractivity contribution is 5.81. The fourth-order valence-electron chi connectivity index (χ4n) is 2.74. The fourth-order valence-corrected chi connectivity index (χ4v) is 2.74. The smallest absolute Gasteiger partial charge is 0.222 e. The van der Waals surface area contributed by atoms with Crippen molar-refractivity contribution >= 4 is 16.8 Å². The number of benzene rings is 1. The molecule has 0 aliphatic carbocycles. The van der Waals surface area contributed by atoms with Crippen molar-refractivity contribution in [3.8, 4) is 0 Å². The summed E-state index contributed by atoms with van der Waals surface area (Å²) in [6.07, 6.45) is 3.39. The Balaban J connectivity index is 1.70. The summed E-state index contributed by atoms with van der Waals surface area (Å²) in [5, 5.41) is 4.72. The Hall–Kier alpha value is -1.94. The van der Waals surface area contributed by atoms with Gasteiger partial charge in [0.2, 0.25) is 5.91 Å². The van der Waals surface area contributed by atoms with Crippen LogP contribution in [-0.2, 0) is 11.3 Å². The molecule has 20 heavy (non-hydrogen) atoms. The maximum absolute atomic E-state index is 11.5. The number of hydrogen-bond donors (Lipinski definition) is 1. The van der Waals surface area contributed by atoms with Gasteiger partial charge < -0.3 is 10.2 Å². The molecule has 1 aromatic heterocycles. The Morgan fingerprint density at radius 3 is 3.05 bits per heavy atom. The standard InChI is InChI=1S/C16H19N3O/c1-19-11-14(7-8-15(19)20)18-10-13-5-2-4-12-6-3-9-17-16(12)13/h2-6,9,14,18H,7-8,10-11H2,1H3. The number of nitrogens with zero attached hydrogens (tertiary/aromatic N) is 2. The van der Waals surface area contributed by atoms with E-state index in [-0.39, 0.29) is 5.91 Å². The molecule has 1 aliphatic rings. The fraction of sp³-hybridized carbons (Fsp3) is 0.375. The minimum absolute atomic E-state index is 0.245. The molecule has 1 fully saturated rings. The van der Waals surface area contributed by atoms with Gasteiger partial charge in [0.05, 0.1) is 5.52 Å². The third-order valence-electron chi connectivity index (χ3n) is 3.92. The molecular formula is C16H19N3O.